The van der Waals surface area contributed by atoms with E-state index >= 15 is 0 Å². The molecule has 177 valence electrons. The van der Waals surface area contributed by atoms with Crippen molar-refractivity contribution in [3.8, 4) is 0 Å². The molecule has 0 spiro atoms. The predicted octanol–water partition coefficient (Wildman–Crippen LogP) is 5.14. The summed E-state index contributed by atoms with van der Waals surface area (Å²) in [5.74, 6) is 0. The zero-order valence-electron chi connectivity index (χ0n) is 18.5. The van der Waals surface area contributed by atoms with Crippen LogP contribution in [0.1, 0.15) is 71.1 Å². The fraction of sp³-hybridized carbons (Fsp3) is 0.591. The van der Waals surface area contributed by atoms with E-state index < -0.39 is 32.9 Å². The third kappa shape index (κ3) is 10.7. The van der Waals surface area contributed by atoms with E-state index in [-0.39, 0.29) is 6.42 Å². The van der Waals surface area contributed by atoms with Gasteiger partial charge in [0.15, 0.2) is 0 Å². The van der Waals surface area contributed by atoms with Gasteiger partial charge in [-0.15, -0.1) is 0 Å². The largest absolute Gasteiger partial charge is 0.588 e. The smallest absolute Gasteiger partial charge is 0.273 e. The van der Waals surface area contributed by atoms with Crippen molar-refractivity contribution in [1.82, 2.24) is 0 Å². The normalized spacial score (nSPS) is 13.4. The van der Waals surface area contributed by atoms with Gasteiger partial charge in [0.25, 0.3) is 0 Å². The van der Waals surface area contributed by atoms with E-state index in [1.165, 1.54) is 19.3 Å². The minimum atomic E-state index is -3.59. The molecule has 0 saturated carbocycles. The molecule has 0 bridgehead atoms. The fourth-order valence-electron chi connectivity index (χ4n) is 2.90. The van der Waals surface area contributed by atoms with Crippen LogP contribution in [-0.2, 0) is 4.79 Å². The Morgan fingerprint density at radius 2 is 1.19 bits per heavy atom. The Bertz CT molecular complexity index is 700. The van der Waals surface area contributed by atoms with E-state index in [1.807, 2.05) is 18.2 Å². The second-order valence-corrected chi connectivity index (χ2v) is 7.16. The van der Waals surface area contributed by atoms with Gasteiger partial charge in [-0.25, -0.2) is 0 Å². The predicted molar refractivity (Wildman–Crippen MR) is 122 cm³/mol. The van der Waals surface area contributed by atoms with E-state index in [9.17, 15) is 35.1 Å². The third-order valence-corrected chi connectivity index (χ3v) is 4.73. The van der Waals surface area contributed by atoms with Crippen molar-refractivity contribution in [3.63, 3.8) is 0 Å². The van der Waals surface area contributed by atoms with Gasteiger partial charge in [-0.2, -0.15) is 0 Å². The molecule has 0 saturated heterocycles. The lowest BCUT2D eigenvalue weighted by Crippen LogP contribution is -2.59. The number of allylic oxidation sites excluding steroid dienone is 8. The lowest BCUT2D eigenvalue weighted by Gasteiger charge is -2.14. The molecule has 0 aliphatic rings. The second kappa shape index (κ2) is 17.5. The van der Waals surface area contributed by atoms with Gasteiger partial charge in [-0.05, 0) is 44.9 Å². The lowest BCUT2D eigenvalue weighted by atomic mass is 9.97. The molecular formula is C22H32N3O7. The van der Waals surface area contributed by atoms with Crippen LogP contribution >= 0.6 is 0 Å². The molecule has 0 fully saturated rings. The maximum atomic E-state index is 11.1. The molecule has 0 heterocycles. The number of hydrogen-bond donors (Lipinski definition) is 0. The van der Waals surface area contributed by atoms with Crippen molar-refractivity contribution in [3.05, 3.63) is 79.0 Å². The highest BCUT2D eigenvalue weighted by atomic mass is 16.7. The van der Waals surface area contributed by atoms with Crippen LogP contribution < -0.4 is 0 Å². The zero-order chi connectivity index (χ0) is 24.2. The lowest BCUT2D eigenvalue weighted by molar-refractivity contribution is -0.810. The van der Waals surface area contributed by atoms with Gasteiger partial charge >= 0.3 is 18.0 Å². The number of nitrogens with zero attached hydrogens (tertiary/aromatic N) is 3. The molecule has 1 unspecified atom stereocenters. The first-order chi connectivity index (χ1) is 15.3. The van der Waals surface area contributed by atoms with Gasteiger partial charge in [0.1, 0.15) is 9.85 Å². The summed E-state index contributed by atoms with van der Waals surface area (Å²) in [7, 11) is 0. The number of unbranched alkanes of at least 4 members (excludes halogenated alkanes) is 4. The molecule has 32 heavy (non-hydrogen) atoms. The van der Waals surface area contributed by atoms with Crippen molar-refractivity contribution in [2.24, 2.45) is 0 Å². The summed E-state index contributed by atoms with van der Waals surface area (Å²) in [4.78, 5) is 39.7. The maximum Gasteiger partial charge on any atom is 0.588 e. The van der Waals surface area contributed by atoms with Crippen molar-refractivity contribution in [1.29, 1.82) is 0 Å². The van der Waals surface area contributed by atoms with Crippen LogP contribution in [0.3, 0.4) is 0 Å². The average molecular weight is 451 g/mol. The molecule has 0 aromatic rings. The molecule has 0 amide bonds. The Kier molecular flexibility index (Phi) is 15.8. The standard InChI is InChI=1S/C22H32N3O7/c1-2-3-4-5-6-7-8-9-10-11-12-13-14-15-16-17-18-19-21(23(27)28)22(20-26,24(29)30)25(31)32/h6-7,9-10,12-13,15-16,21H,2-5,8,11,14,17-19H2,1H3/b7-6+,10-9+,13-12+,16-15+. The molecule has 10 nitrogen and oxygen atoms in total. The summed E-state index contributed by atoms with van der Waals surface area (Å²) in [5, 5.41) is 33.1. The summed E-state index contributed by atoms with van der Waals surface area (Å²) in [6.07, 6.45) is 24.0. The van der Waals surface area contributed by atoms with E-state index in [1.54, 1.807) is 6.08 Å². The van der Waals surface area contributed by atoms with Gasteiger partial charge in [0.05, 0.1) is 0 Å². The highest BCUT2D eigenvalue weighted by Gasteiger charge is 2.71. The summed E-state index contributed by atoms with van der Waals surface area (Å²) in [6.45, 7) is 2.19. The number of hydrogen-bond acceptors (Lipinski definition) is 7. The van der Waals surface area contributed by atoms with E-state index in [0.717, 1.165) is 19.3 Å². The minimum Gasteiger partial charge on any atom is -0.273 e. The summed E-state index contributed by atoms with van der Waals surface area (Å²) < 4.78 is 0. The van der Waals surface area contributed by atoms with E-state index in [4.69, 9.17) is 0 Å². The topological polar surface area (TPSA) is 146 Å². The molecule has 0 aliphatic carbocycles. The first-order valence-corrected chi connectivity index (χ1v) is 10.8. The zero-order valence-corrected chi connectivity index (χ0v) is 18.5. The summed E-state index contributed by atoms with van der Waals surface area (Å²) in [5.41, 5.74) is -3.59. The van der Waals surface area contributed by atoms with Gasteiger partial charge < -0.3 is 0 Å². The Hall–Kier alpha value is -3.17. The molecule has 0 aromatic carbocycles. The van der Waals surface area contributed by atoms with Crippen molar-refractivity contribution < 1.29 is 19.6 Å². The Morgan fingerprint density at radius 1 is 0.750 bits per heavy atom. The molecule has 1 radical (unpaired) electrons. The fourth-order valence-corrected chi connectivity index (χ4v) is 2.90. The van der Waals surface area contributed by atoms with Crippen LogP contribution in [0.25, 0.3) is 0 Å². The highest BCUT2D eigenvalue weighted by Crippen LogP contribution is 2.22. The number of carbonyl (C=O) groups excluding carboxylic acids is 1. The van der Waals surface area contributed by atoms with Crippen LogP contribution in [0, 0.1) is 30.3 Å². The number of rotatable bonds is 19. The summed E-state index contributed by atoms with van der Waals surface area (Å²) >= 11 is 0. The molecular weight excluding hydrogens is 418 g/mol. The van der Waals surface area contributed by atoms with Gasteiger partial charge in [-0.3, -0.25) is 35.1 Å². The van der Waals surface area contributed by atoms with Crippen molar-refractivity contribution in [2.75, 3.05) is 0 Å². The Morgan fingerprint density at radius 3 is 1.56 bits per heavy atom. The van der Waals surface area contributed by atoms with Gasteiger partial charge in [-0.1, -0.05) is 68.4 Å². The Labute approximate surface area is 188 Å². The molecule has 0 aliphatic heterocycles. The highest BCUT2D eigenvalue weighted by molar-refractivity contribution is 5.61. The van der Waals surface area contributed by atoms with E-state index in [0.29, 0.717) is 19.1 Å². The van der Waals surface area contributed by atoms with Crippen LogP contribution in [0.15, 0.2) is 48.6 Å². The van der Waals surface area contributed by atoms with Gasteiger partial charge in [0, 0.05) is 11.3 Å². The van der Waals surface area contributed by atoms with Crippen LogP contribution in [0.5, 0.6) is 0 Å². The molecule has 0 rings (SSSR count). The van der Waals surface area contributed by atoms with Crippen LogP contribution in [0.2, 0.25) is 0 Å². The number of nitro groups is 3. The van der Waals surface area contributed by atoms with E-state index in [2.05, 4.69) is 31.2 Å². The molecule has 1 atom stereocenters. The minimum absolute atomic E-state index is 0.0890. The molecule has 10 heteroatoms. The van der Waals surface area contributed by atoms with Crippen LogP contribution in [-0.4, -0.2) is 32.8 Å². The monoisotopic (exact) mass is 450 g/mol. The Balaban J connectivity index is 4.24. The van der Waals surface area contributed by atoms with Gasteiger partial charge in [0.2, 0.25) is 0 Å². The van der Waals surface area contributed by atoms with Crippen molar-refractivity contribution >= 4 is 6.29 Å². The SMILES string of the molecule is CCCCC/C=C/C/C=C/C/C=C/C/C=C/CCCC([N+](=O)[O-])C([C]=O)([N+](=O)[O-])[N+](=O)[O-]. The summed E-state index contributed by atoms with van der Waals surface area (Å²) in [6, 6.07) is -2.28. The third-order valence-electron chi connectivity index (χ3n) is 4.73. The quantitative estimate of drug-likeness (QED) is 0.0870. The molecule has 0 aromatic heterocycles. The first kappa shape index (κ1) is 28.8. The maximum absolute atomic E-state index is 11.1. The van der Waals surface area contributed by atoms with Crippen molar-refractivity contribution in [2.45, 2.75) is 82.8 Å². The van der Waals surface area contributed by atoms with Crippen LogP contribution in [0.4, 0.5) is 0 Å². The molecule has 0 N–H and O–H groups in total. The second-order valence-electron chi connectivity index (χ2n) is 7.16. The first-order valence-electron chi connectivity index (χ1n) is 10.8. The average Bonchev–Trinajstić information content (AvgIpc) is 2.74.